The van der Waals surface area contributed by atoms with Crippen LogP contribution in [-0.2, 0) is 4.79 Å². The van der Waals surface area contributed by atoms with Crippen LogP contribution in [0.4, 0.5) is 5.69 Å². The number of hydrogen-bond acceptors (Lipinski definition) is 6. The highest BCUT2D eigenvalue weighted by atomic mass is 35.5. The lowest BCUT2D eigenvalue weighted by Gasteiger charge is -2.24. The highest BCUT2D eigenvalue weighted by Crippen LogP contribution is 2.33. The number of thiophene rings is 1. The number of anilines is 1. The van der Waals surface area contributed by atoms with E-state index in [4.69, 9.17) is 16.3 Å². The van der Waals surface area contributed by atoms with Crippen LogP contribution in [0.15, 0.2) is 87.1 Å². The lowest BCUT2D eigenvalue weighted by atomic mass is 10.0. The van der Waals surface area contributed by atoms with Crippen molar-refractivity contribution in [1.82, 2.24) is 4.57 Å². The fourth-order valence-corrected chi connectivity index (χ4v) is 6.19. The van der Waals surface area contributed by atoms with Crippen LogP contribution in [0.5, 0.6) is 5.75 Å². The van der Waals surface area contributed by atoms with E-state index in [1.807, 2.05) is 67.8 Å². The Morgan fingerprint density at radius 3 is 2.69 bits per heavy atom. The monoisotopic (exact) mass is 535 g/mol. The predicted octanol–water partition coefficient (Wildman–Crippen LogP) is 4.99. The molecule has 5 rings (SSSR count). The Labute approximate surface area is 220 Å². The minimum atomic E-state index is -0.573. The van der Waals surface area contributed by atoms with Gasteiger partial charge < -0.3 is 10.1 Å². The summed E-state index contributed by atoms with van der Waals surface area (Å²) < 4.78 is 7.63. The van der Waals surface area contributed by atoms with Crippen molar-refractivity contribution in [3.63, 3.8) is 0 Å². The van der Waals surface area contributed by atoms with Gasteiger partial charge in [0.1, 0.15) is 11.8 Å². The molecule has 0 aliphatic carbocycles. The largest absolute Gasteiger partial charge is 0.492 e. The van der Waals surface area contributed by atoms with Gasteiger partial charge >= 0.3 is 0 Å². The van der Waals surface area contributed by atoms with Crippen LogP contribution in [0, 0.1) is 0 Å². The van der Waals surface area contributed by atoms with Gasteiger partial charge in [-0.3, -0.25) is 14.2 Å². The van der Waals surface area contributed by atoms with E-state index in [0.29, 0.717) is 43.7 Å². The zero-order valence-electron chi connectivity index (χ0n) is 19.5. The van der Waals surface area contributed by atoms with Crippen LogP contribution in [0.25, 0.3) is 6.08 Å². The molecule has 36 heavy (non-hydrogen) atoms. The van der Waals surface area contributed by atoms with Crippen molar-refractivity contribution in [2.24, 2.45) is 4.99 Å². The smallest absolute Gasteiger partial charge is 0.271 e. The second kappa shape index (κ2) is 10.3. The van der Waals surface area contributed by atoms with Crippen molar-refractivity contribution < 1.29 is 9.53 Å². The third-order valence-electron chi connectivity index (χ3n) is 5.66. The molecule has 0 unspecified atom stereocenters. The Bertz CT molecular complexity index is 1640. The van der Waals surface area contributed by atoms with Gasteiger partial charge in [-0.1, -0.05) is 53.3 Å². The maximum absolute atomic E-state index is 13.7. The zero-order chi connectivity index (χ0) is 25.2. The molecule has 2 aromatic carbocycles. The summed E-state index contributed by atoms with van der Waals surface area (Å²) in [6.07, 6.45) is 1.79. The second-order valence-electron chi connectivity index (χ2n) is 8.04. The molecule has 0 saturated carbocycles. The highest BCUT2D eigenvalue weighted by Gasteiger charge is 2.33. The maximum atomic E-state index is 13.7. The minimum Gasteiger partial charge on any atom is -0.492 e. The first kappa shape index (κ1) is 24.2. The Hall–Kier alpha value is -3.46. The summed E-state index contributed by atoms with van der Waals surface area (Å²) in [7, 11) is 0. The first-order valence-corrected chi connectivity index (χ1v) is 13.4. The van der Waals surface area contributed by atoms with Crippen molar-refractivity contribution in [2.75, 3.05) is 11.9 Å². The minimum absolute atomic E-state index is 0.209. The van der Waals surface area contributed by atoms with E-state index in [1.54, 1.807) is 22.8 Å². The van der Waals surface area contributed by atoms with Gasteiger partial charge in [0.15, 0.2) is 4.80 Å². The van der Waals surface area contributed by atoms with E-state index < -0.39 is 6.04 Å². The number of hydrogen-bond donors (Lipinski definition) is 1. The third-order valence-corrected chi connectivity index (χ3v) is 7.87. The van der Waals surface area contributed by atoms with Crippen LogP contribution in [0.3, 0.4) is 0 Å². The highest BCUT2D eigenvalue weighted by molar-refractivity contribution is 7.10. The van der Waals surface area contributed by atoms with Crippen molar-refractivity contribution >= 4 is 51.9 Å². The Morgan fingerprint density at radius 2 is 2.00 bits per heavy atom. The molecule has 9 heteroatoms. The van der Waals surface area contributed by atoms with Gasteiger partial charge in [0, 0.05) is 10.6 Å². The summed E-state index contributed by atoms with van der Waals surface area (Å²) >= 11 is 9.14. The van der Waals surface area contributed by atoms with Gasteiger partial charge in [0.05, 0.1) is 27.4 Å². The van der Waals surface area contributed by atoms with Gasteiger partial charge in [-0.2, -0.15) is 0 Å². The molecule has 3 heterocycles. The van der Waals surface area contributed by atoms with Gasteiger partial charge in [-0.15, -0.1) is 11.3 Å². The first-order valence-electron chi connectivity index (χ1n) is 11.3. The summed E-state index contributed by atoms with van der Waals surface area (Å²) in [6.45, 7) is 4.22. The van der Waals surface area contributed by atoms with E-state index >= 15 is 0 Å². The molecule has 1 amide bonds. The quantitative estimate of drug-likeness (QED) is 0.378. The van der Waals surface area contributed by atoms with Crippen molar-refractivity contribution in [3.05, 3.63) is 112 Å². The standard InChI is InChI=1S/C27H22ClN3O3S2/c1-3-34-20-12-11-17(14-19(20)28)15-22-26(33)31-24(21-10-7-13-35-21)23(16(2)29-27(31)36-22)25(32)30-18-8-5-4-6-9-18/h4-15,24H,3H2,1-2H3,(H,30,32)/b22-15-/t24-/m1/s1. The third kappa shape index (κ3) is 4.67. The molecule has 6 nitrogen and oxygen atoms in total. The second-order valence-corrected chi connectivity index (χ2v) is 10.4. The average Bonchev–Trinajstić information content (AvgIpc) is 3.49. The number of halogens is 1. The number of para-hydroxylation sites is 1. The topological polar surface area (TPSA) is 72.7 Å². The summed E-state index contributed by atoms with van der Waals surface area (Å²) in [5.41, 5.74) is 2.28. The van der Waals surface area contributed by atoms with E-state index in [2.05, 4.69) is 10.3 Å². The van der Waals surface area contributed by atoms with E-state index in [-0.39, 0.29) is 11.5 Å². The SMILES string of the molecule is CCOc1ccc(/C=c2\sc3n(c2=O)[C@H](c2cccs2)C(C(=O)Nc2ccccc2)=C(C)N=3)cc1Cl. The van der Waals surface area contributed by atoms with Crippen LogP contribution in [-0.4, -0.2) is 17.1 Å². The summed E-state index contributed by atoms with van der Waals surface area (Å²) in [5, 5.41) is 5.37. The van der Waals surface area contributed by atoms with Crippen LogP contribution in [0.2, 0.25) is 5.02 Å². The number of aromatic nitrogens is 1. The Kier molecular flexibility index (Phi) is 6.91. The molecule has 2 aromatic heterocycles. The molecule has 182 valence electrons. The molecule has 0 radical (unpaired) electrons. The molecule has 4 aromatic rings. The average molecular weight is 536 g/mol. The number of rotatable bonds is 6. The molecule has 0 bridgehead atoms. The molecule has 0 fully saturated rings. The molecular weight excluding hydrogens is 514 g/mol. The number of thiazole rings is 1. The first-order chi connectivity index (χ1) is 17.5. The van der Waals surface area contributed by atoms with Gasteiger partial charge in [0.2, 0.25) is 0 Å². The number of benzene rings is 2. The van der Waals surface area contributed by atoms with Crippen molar-refractivity contribution in [3.8, 4) is 5.75 Å². The number of allylic oxidation sites excluding steroid dienone is 1. The number of fused-ring (bicyclic) bond motifs is 1. The van der Waals surface area contributed by atoms with Crippen molar-refractivity contribution in [2.45, 2.75) is 19.9 Å². The molecule has 0 spiro atoms. The number of carbonyl (C=O) groups excluding carboxylic acids is 1. The predicted molar refractivity (Wildman–Crippen MR) is 146 cm³/mol. The molecule has 1 aliphatic heterocycles. The maximum Gasteiger partial charge on any atom is 0.271 e. The lowest BCUT2D eigenvalue weighted by molar-refractivity contribution is -0.113. The fraction of sp³-hybridized carbons (Fsp3) is 0.148. The van der Waals surface area contributed by atoms with E-state index in [9.17, 15) is 9.59 Å². The number of amides is 1. The van der Waals surface area contributed by atoms with Gasteiger partial charge in [-0.25, -0.2) is 4.99 Å². The molecule has 0 saturated heterocycles. The fourth-order valence-electron chi connectivity index (χ4n) is 4.08. The van der Waals surface area contributed by atoms with Gasteiger partial charge in [0.25, 0.3) is 11.5 Å². The Balaban J connectivity index is 1.61. The van der Waals surface area contributed by atoms with Crippen molar-refractivity contribution in [1.29, 1.82) is 0 Å². The molecular formula is C27H22ClN3O3S2. The molecule has 1 N–H and O–H groups in total. The van der Waals surface area contributed by atoms with E-state index in [1.165, 1.54) is 22.7 Å². The zero-order valence-corrected chi connectivity index (χ0v) is 21.9. The summed E-state index contributed by atoms with van der Waals surface area (Å²) in [6, 6.07) is 17.9. The van der Waals surface area contributed by atoms with Gasteiger partial charge in [-0.05, 0) is 61.2 Å². The Morgan fingerprint density at radius 1 is 1.19 bits per heavy atom. The van der Waals surface area contributed by atoms with Crippen LogP contribution < -0.4 is 24.9 Å². The lowest BCUT2D eigenvalue weighted by Crippen LogP contribution is -2.40. The number of ether oxygens (including phenoxy) is 1. The van der Waals surface area contributed by atoms with Crippen LogP contribution in [0.1, 0.15) is 30.3 Å². The molecule has 1 atom stereocenters. The normalized spacial score (nSPS) is 15.4. The number of nitrogens with one attached hydrogen (secondary N) is 1. The number of carbonyl (C=O) groups is 1. The van der Waals surface area contributed by atoms with E-state index in [0.717, 1.165) is 10.4 Å². The molecule has 1 aliphatic rings. The summed E-state index contributed by atoms with van der Waals surface area (Å²) in [4.78, 5) is 33.2. The summed E-state index contributed by atoms with van der Waals surface area (Å²) in [5.74, 6) is 0.314. The number of nitrogens with zero attached hydrogens (tertiary/aromatic N) is 2. The van der Waals surface area contributed by atoms with Crippen LogP contribution >= 0.6 is 34.3 Å².